The van der Waals surface area contributed by atoms with E-state index >= 15 is 0 Å². The third-order valence-corrected chi connectivity index (χ3v) is 14.0. The zero-order chi connectivity index (χ0) is 40.3. The minimum Gasteiger partial charge on any atom is -0.308 e. The van der Waals surface area contributed by atoms with Crippen LogP contribution in [0.4, 0.5) is 17.1 Å². The van der Waals surface area contributed by atoms with Crippen molar-refractivity contribution in [3.63, 3.8) is 0 Å². The Bertz CT molecular complexity index is 3380. The van der Waals surface area contributed by atoms with Crippen molar-refractivity contribution in [2.24, 2.45) is 0 Å². The van der Waals surface area contributed by atoms with Crippen LogP contribution in [0.25, 0.3) is 64.3 Å². The van der Waals surface area contributed by atoms with Crippen LogP contribution in [0.5, 0.6) is 0 Å². The fourth-order valence-electron chi connectivity index (χ4n) is 10.2. The maximum absolute atomic E-state index is 2.53. The first-order valence-electron chi connectivity index (χ1n) is 21.0. The second-order valence-corrected chi connectivity index (χ2v) is 17.0. The average molecular weight is 794 g/mol. The molecule has 0 aliphatic heterocycles. The van der Waals surface area contributed by atoms with E-state index in [2.05, 4.69) is 241 Å². The molecule has 1 aliphatic carbocycles. The normalized spacial score (nSPS) is 12.7. The Labute approximate surface area is 360 Å². The first kappa shape index (κ1) is 35.4. The van der Waals surface area contributed by atoms with Crippen molar-refractivity contribution in [3.05, 3.63) is 259 Å². The Balaban J connectivity index is 1.16. The molecule has 12 rings (SSSR count). The number of nitrogens with zero attached hydrogens (tertiary/aromatic N) is 1. The summed E-state index contributed by atoms with van der Waals surface area (Å²) in [5, 5.41) is 5.03. The molecule has 0 fully saturated rings. The molecule has 0 amide bonds. The number of anilines is 3. The summed E-state index contributed by atoms with van der Waals surface area (Å²) in [4.78, 5) is 2.53. The molecule has 0 saturated heterocycles. The molecule has 11 aromatic rings. The minimum absolute atomic E-state index is 0.528. The highest BCUT2D eigenvalue weighted by atomic mass is 32.1. The van der Waals surface area contributed by atoms with Crippen molar-refractivity contribution in [1.82, 2.24) is 0 Å². The molecule has 0 unspecified atom stereocenters. The van der Waals surface area contributed by atoms with Crippen molar-refractivity contribution >= 4 is 59.3 Å². The lowest BCUT2D eigenvalue weighted by Gasteiger charge is -2.35. The van der Waals surface area contributed by atoms with Gasteiger partial charge in [-0.25, -0.2) is 0 Å². The van der Waals surface area contributed by atoms with E-state index in [0.29, 0.717) is 0 Å². The SMILES string of the molecule is c1ccc(-c2cccc3cccc(-c4ccccc4N(c4cccc(C5(c6ccccc6)c6ccccc6-c6ccccc65)c4)c4cccc5c4sc4ccccc45)c23)cc1. The van der Waals surface area contributed by atoms with Crippen molar-refractivity contribution in [2.45, 2.75) is 5.41 Å². The molecule has 1 aromatic heterocycles. The Morgan fingerprint density at radius 1 is 0.361 bits per heavy atom. The molecular formula is C59H39NS. The van der Waals surface area contributed by atoms with Gasteiger partial charge in [-0.1, -0.05) is 206 Å². The number of hydrogen-bond acceptors (Lipinski definition) is 2. The Morgan fingerprint density at radius 2 is 0.902 bits per heavy atom. The van der Waals surface area contributed by atoms with Gasteiger partial charge in [-0.05, 0) is 91.2 Å². The highest BCUT2D eigenvalue weighted by Crippen LogP contribution is 2.57. The van der Waals surface area contributed by atoms with Crippen LogP contribution in [-0.4, -0.2) is 0 Å². The molecule has 0 atom stereocenters. The molecule has 1 aliphatic rings. The van der Waals surface area contributed by atoms with Gasteiger partial charge in [0.15, 0.2) is 0 Å². The van der Waals surface area contributed by atoms with Crippen molar-refractivity contribution in [2.75, 3.05) is 4.90 Å². The van der Waals surface area contributed by atoms with Crippen LogP contribution in [0.3, 0.4) is 0 Å². The second kappa shape index (κ2) is 14.3. The molecule has 0 saturated carbocycles. The van der Waals surface area contributed by atoms with Gasteiger partial charge < -0.3 is 4.90 Å². The second-order valence-electron chi connectivity index (χ2n) is 15.9. The molecule has 0 N–H and O–H groups in total. The molecule has 1 nitrogen and oxygen atoms in total. The van der Waals surface area contributed by atoms with E-state index in [-0.39, 0.29) is 0 Å². The predicted molar refractivity (Wildman–Crippen MR) is 260 cm³/mol. The highest BCUT2D eigenvalue weighted by molar-refractivity contribution is 7.26. The van der Waals surface area contributed by atoms with Gasteiger partial charge >= 0.3 is 0 Å². The van der Waals surface area contributed by atoms with Crippen LogP contribution < -0.4 is 4.90 Å². The van der Waals surface area contributed by atoms with Crippen LogP contribution in [0.2, 0.25) is 0 Å². The lowest BCUT2D eigenvalue weighted by Crippen LogP contribution is -2.28. The molecule has 1 heterocycles. The van der Waals surface area contributed by atoms with E-state index in [1.54, 1.807) is 0 Å². The highest BCUT2D eigenvalue weighted by Gasteiger charge is 2.46. The Kier molecular flexibility index (Phi) is 8.33. The van der Waals surface area contributed by atoms with Gasteiger partial charge in [-0.15, -0.1) is 11.3 Å². The van der Waals surface area contributed by atoms with Crippen LogP contribution in [0.1, 0.15) is 22.3 Å². The first-order valence-corrected chi connectivity index (χ1v) is 21.8. The topological polar surface area (TPSA) is 3.24 Å². The lowest BCUT2D eigenvalue weighted by molar-refractivity contribution is 0.768. The molecule has 61 heavy (non-hydrogen) atoms. The quantitative estimate of drug-likeness (QED) is 0.155. The first-order chi connectivity index (χ1) is 30.3. The standard InChI is InChI=1S/C59H39NS/c1-3-19-40(20-4-1)45-31-15-21-41-22-16-32-50(57(41)45)48-29-9-13-36-54(48)60(55-37-18-33-51-49-30-10-14-38-56(49)61-58(51)55)44-26-17-25-43(39-44)59(42-23-5-2-6-24-42)52-34-11-7-27-46(52)47-28-8-12-35-53(47)59/h1-39H. The van der Waals surface area contributed by atoms with Crippen LogP contribution >= 0.6 is 11.3 Å². The summed E-state index contributed by atoms with van der Waals surface area (Å²) < 4.78 is 2.55. The molecule has 0 radical (unpaired) electrons. The molecular weight excluding hydrogens is 755 g/mol. The van der Waals surface area contributed by atoms with Gasteiger partial charge in [0.05, 0.1) is 21.5 Å². The number of fused-ring (bicyclic) bond motifs is 7. The van der Waals surface area contributed by atoms with Gasteiger partial charge in [-0.2, -0.15) is 0 Å². The number of rotatable bonds is 7. The van der Waals surface area contributed by atoms with Gasteiger partial charge in [0.1, 0.15) is 0 Å². The van der Waals surface area contributed by atoms with E-state index in [4.69, 9.17) is 0 Å². The van der Waals surface area contributed by atoms with Gasteiger partial charge in [-0.3, -0.25) is 0 Å². The maximum Gasteiger partial charge on any atom is 0.0714 e. The molecule has 10 aromatic carbocycles. The third kappa shape index (κ3) is 5.46. The zero-order valence-corrected chi connectivity index (χ0v) is 34.2. The number of para-hydroxylation sites is 1. The zero-order valence-electron chi connectivity index (χ0n) is 33.4. The summed E-state index contributed by atoms with van der Waals surface area (Å²) >= 11 is 1.88. The summed E-state index contributed by atoms with van der Waals surface area (Å²) in [5.74, 6) is 0. The Morgan fingerprint density at radius 3 is 1.67 bits per heavy atom. The molecule has 0 spiro atoms. The largest absolute Gasteiger partial charge is 0.308 e. The van der Waals surface area contributed by atoms with Crippen molar-refractivity contribution < 1.29 is 0 Å². The van der Waals surface area contributed by atoms with E-state index < -0.39 is 5.41 Å². The average Bonchev–Trinajstić information content (AvgIpc) is 3.87. The van der Waals surface area contributed by atoms with Gasteiger partial charge in [0.25, 0.3) is 0 Å². The van der Waals surface area contributed by atoms with Crippen LogP contribution in [0.15, 0.2) is 237 Å². The summed E-state index contributed by atoms with van der Waals surface area (Å²) in [5.41, 5.74) is 15.4. The number of benzene rings is 10. The van der Waals surface area contributed by atoms with E-state index in [9.17, 15) is 0 Å². The summed E-state index contributed by atoms with van der Waals surface area (Å²) in [7, 11) is 0. The minimum atomic E-state index is -0.528. The summed E-state index contributed by atoms with van der Waals surface area (Å²) in [6, 6.07) is 87.4. The summed E-state index contributed by atoms with van der Waals surface area (Å²) in [6.45, 7) is 0. The molecule has 2 heteroatoms. The fourth-order valence-corrected chi connectivity index (χ4v) is 11.4. The molecule has 286 valence electrons. The maximum atomic E-state index is 2.53. The fraction of sp³-hybridized carbons (Fsp3) is 0.0169. The van der Waals surface area contributed by atoms with Crippen molar-refractivity contribution in [1.29, 1.82) is 0 Å². The smallest absolute Gasteiger partial charge is 0.0714 e. The van der Waals surface area contributed by atoms with E-state index in [1.807, 2.05) is 11.3 Å². The monoisotopic (exact) mass is 793 g/mol. The number of thiophene rings is 1. The van der Waals surface area contributed by atoms with Gasteiger partial charge in [0.2, 0.25) is 0 Å². The number of hydrogen-bond donors (Lipinski definition) is 0. The predicted octanol–water partition coefficient (Wildman–Crippen LogP) is 16.4. The third-order valence-electron chi connectivity index (χ3n) is 12.7. The molecule has 0 bridgehead atoms. The van der Waals surface area contributed by atoms with Crippen LogP contribution in [-0.2, 0) is 5.41 Å². The van der Waals surface area contributed by atoms with Gasteiger partial charge in [0, 0.05) is 26.7 Å². The van der Waals surface area contributed by atoms with Crippen molar-refractivity contribution in [3.8, 4) is 33.4 Å². The van der Waals surface area contributed by atoms with E-state index in [0.717, 1.165) is 17.1 Å². The Hall–Kier alpha value is -7.52. The summed E-state index contributed by atoms with van der Waals surface area (Å²) in [6.07, 6.45) is 0. The lowest BCUT2D eigenvalue weighted by atomic mass is 9.67. The van der Waals surface area contributed by atoms with E-state index in [1.165, 1.54) is 86.6 Å². The van der Waals surface area contributed by atoms with Crippen LogP contribution in [0, 0.1) is 0 Å².